The molecule has 114 valence electrons. The first-order valence-corrected chi connectivity index (χ1v) is 7.78. The van der Waals surface area contributed by atoms with Gasteiger partial charge in [0, 0.05) is 13.1 Å². The van der Waals surface area contributed by atoms with E-state index in [1.807, 2.05) is 4.90 Å². The van der Waals surface area contributed by atoms with Crippen molar-refractivity contribution in [3.8, 4) is 0 Å². The van der Waals surface area contributed by atoms with Crippen LogP contribution in [0, 0.1) is 19.8 Å². The number of carbonyl (C=O) groups is 1. The molecule has 0 aliphatic carbocycles. The van der Waals surface area contributed by atoms with Gasteiger partial charge in [-0.2, -0.15) is 0 Å². The molecule has 1 heterocycles. The molecule has 1 unspecified atom stereocenters. The van der Waals surface area contributed by atoms with Gasteiger partial charge < -0.3 is 10.6 Å². The Labute approximate surface area is 127 Å². The normalized spacial score (nSPS) is 18.2. The summed E-state index contributed by atoms with van der Waals surface area (Å²) in [6, 6.07) is 6.01. The van der Waals surface area contributed by atoms with E-state index >= 15 is 0 Å². The van der Waals surface area contributed by atoms with Gasteiger partial charge in [0.15, 0.2) is 0 Å². The van der Waals surface area contributed by atoms with Crippen molar-refractivity contribution >= 4 is 12.0 Å². The second-order valence-electron chi connectivity index (χ2n) is 6.12. The van der Waals surface area contributed by atoms with Crippen molar-refractivity contribution in [2.45, 2.75) is 39.7 Å². The largest absolute Gasteiger partial charge is 0.341 e. The van der Waals surface area contributed by atoms with Gasteiger partial charge in [-0.1, -0.05) is 30.4 Å². The van der Waals surface area contributed by atoms with Crippen LogP contribution in [0.5, 0.6) is 0 Å². The lowest BCUT2D eigenvalue weighted by molar-refractivity contribution is -0.133. The molecule has 0 radical (unpaired) electrons. The minimum absolute atomic E-state index is 0.0761. The Kier molecular flexibility index (Phi) is 5.18. The van der Waals surface area contributed by atoms with E-state index in [4.69, 9.17) is 5.73 Å². The molecular formula is C18H26N2O. The maximum absolute atomic E-state index is 11.9. The third-order valence-corrected chi connectivity index (χ3v) is 4.32. The third kappa shape index (κ3) is 3.94. The van der Waals surface area contributed by atoms with Crippen molar-refractivity contribution in [3.63, 3.8) is 0 Å². The van der Waals surface area contributed by atoms with Gasteiger partial charge in [0.25, 0.3) is 0 Å². The Balaban J connectivity index is 1.95. The number of benzene rings is 1. The standard InChI is InChI=1S/C18H26N2O/c1-13-5-4-6-14(2)17(13)8-7-16-9-11-20(12-10-16)18(21)15(3)19/h4-8,15-16H,9-12,19H2,1-3H3. The zero-order valence-corrected chi connectivity index (χ0v) is 13.3. The van der Waals surface area contributed by atoms with E-state index in [1.54, 1.807) is 6.92 Å². The van der Waals surface area contributed by atoms with Crippen molar-refractivity contribution in [2.24, 2.45) is 11.7 Å². The molecule has 1 atom stereocenters. The number of nitrogens with zero attached hydrogens (tertiary/aromatic N) is 1. The van der Waals surface area contributed by atoms with Gasteiger partial charge in [-0.05, 0) is 56.2 Å². The van der Waals surface area contributed by atoms with Gasteiger partial charge in [0.05, 0.1) is 6.04 Å². The fourth-order valence-electron chi connectivity index (χ4n) is 2.92. The lowest BCUT2D eigenvalue weighted by Gasteiger charge is -2.31. The number of carbonyl (C=O) groups excluding carboxylic acids is 1. The highest BCUT2D eigenvalue weighted by Crippen LogP contribution is 2.22. The molecule has 0 bridgehead atoms. The number of rotatable bonds is 3. The van der Waals surface area contributed by atoms with Gasteiger partial charge in [-0.25, -0.2) is 0 Å². The lowest BCUT2D eigenvalue weighted by Crippen LogP contribution is -2.45. The Morgan fingerprint density at radius 3 is 2.38 bits per heavy atom. The van der Waals surface area contributed by atoms with E-state index in [-0.39, 0.29) is 11.9 Å². The predicted octanol–water partition coefficient (Wildman–Crippen LogP) is 2.90. The van der Waals surface area contributed by atoms with Crippen molar-refractivity contribution in [1.29, 1.82) is 0 Å². The molecule has 3 nitrogen and oxygen atoms in total. The molecule has 1 aliphatic rings. The van der Waals surface area contributed by atoms with Crippen molar-refractivity contribution in [2.75, 3.05) is 13.1 Å². The summed E-state index contributed by atoms with van der Waals surface area (Å²) in [5, 5.41) is 0. The molecule has 2 rings (SSSR count). The summed E-state index contributed by atoms with van der Waals surface area (Å²) in [6.45, 7) is 7.70. The second kappa shape index (κ2) is 6.90. The van der Waals surface area contributed by atoms with Crippen molar-refractivity contribution in [3.05, 3.63) is 41.0 Å². The number of hydrogen-bond acceptors (Lipinski definition) is 2. The number of allylic oxidation sites excluding steroid dienone is 1. The predicted molar refractivity (Wildman–Crippen MR) is 87.9 cm³/mol. The summed E-state index contributed by atoms with van der Waals surface area (Å²) in [4.78, 5) is 13.8. The van der Waals surface area contributed by atoms with Crippen LogP contribution in [0.3, 0.4) is 0 Å². The van der Waals surface area contributed by atoms with E-state index < -0.39 is 0 Å². The Hall–Kier alpha value is -1.61. The maximum Gasteiger partial charge on any atom is 0.239 e. The van der Waals surface area contributed by atoms with Gasteiger partial charge >= 0.3 is 0 Å². The maximum atomic E-state index is 11.9. The molecule has 1 aliphatic heterocycles. The van der Waals surface area contributed by atoms with Crippen LogP contribution in [0.15, 0.2) is 24.3 Å². The summed E-state index contributed by atoms with van der Waals surface area (Å²) < 4.78 is 0. The number of piperidine rings is 1. The van der Waals surface area contributed by atoms with Crippen LogP contribution in [0.2, 0.25) is 0 Å². The summed E-state index contributed by atoms with van der Waals surface area (Å²) in [7, 11) is 0. The van der Waals surface area contributed by atoms with Crippen LogP contribution in [-0.4, -0.2) is 29.9 Å². The number of nitrogens with two attached hydrogens (primary N) is 1. The highest BCUT2D eigenvalue weighted by molar-refractivity contribution is 5.81. The molecule has 0 spiro atoms. The minimum atomic E-state index is -0.383. The van der Waals surface area contributed by atoms with Crippen molar-refractivity contribution in [1.82, 2.24) is 4.90 Å². The summed E-state index contributed by atoms with van der Waals surface area (Å²) in [5.74, 6) is 0.633. The number of likely N-dealkylation sites (tertiary alicyclic amines) is 1. The quantitative estimate of drug-likeness (QED) is 0.928. The average molecular weight is 286 g/mol. The zero-order valence-electron chi connectivity index (χ0n) is 13.3. The number of aryl methyl sites for hydroxylation is 2. The lowest BCUT2D eigenvalue weighted by atomic mass is 9.94. The highest BCUT2D eigenvalue weighted by atomic mass is 16.2. The third-order valence-electron chi connectivity index (χ3n) is 4.32. The van der Waals surface area contributed by atoms with Crippen LogP contribution in [-0.2, 0) is 4.79 Å². The van der Waals surface area contributed by atoms with Crippen LogP contribution in [0.1, 0.15) is 36.5 Å². The molecule has 2 N–H and O–H groups in total. The fraction of sp³-hybridized carbons (Fsp3) is 0.500. The molecule has 1 saturated heterocycles. The van der Waals surface area contributed by atoms with Crippen LogP contribution >= 0.6 is 0 Å². The first-order valence-electron chi connectivity index (χ1n) is 7.78. The van der Waals surface area contributed by atoms with E-state index in [0.29, 0.717) is 5.92 Å². The van der Waals surface area contributed by atoms with E-state index in [2.05, 4.69) is 44.2 Å². The molecule has 1 aromatic carbocycles. The van der Waals surface area contributed by atoms with Crippen LogP contribution in [0.4, 0.5) is 0 Å². The van der Waals surface area contributed by atoms with Gasteiger partial charge in [-0.15, -0.1) is 0 Å². The molecule has 21 heavy (non-hydrogen) atoms. The smallest absolute Gasteiger partial charge is 0.239 e. The fourth-order valence-corrected chi connectivity index (χ4v) is 2.92. The SMILES string of the molecule is Cc1cccc(C)c1C=CC1CCN(C(=O)C(C)N)CC1. The Morgan fingerprint density at radius 1 is 1.29 bits per heavy atom. The molecule has 1 amide bonds. The summed E-state index contributed by atoms with van der Waals surface area (Å²) in [6.07, 6.45) is 6.61. The molecule has 1 fully saturated rings. The van der Waals surface area contributed by atoms with Crippen LogP contribution < -0.4 is 5.73 Å². The van der Waals surface area contributed by atoms with Gasteiger partial charge in [0.1, 0.15) is 0 Å². The van der Waals surface area contributed by atoms with Crippen LogP contribution in [0.25, 0.3) is 6.08 Å². The van der Waals surface area contributed by atoms with E-state index in [0.717, 1.165) is 25.9 Å². The first-order chi connectivity index (χ1) is 9.99. The first kappa shape index (κ1) is 15.8. The summed E-state index contributed by atoms with van der Waals surface area (Å²) >= 11 is 0. The van der Waals surface area contributed by atoms with E-state index in [9.17, 15) is 4.79 Å². The monoisotopic (exact) mass is 286 g/mol. The number of amides is 1. The highest BCUT2D eigenvalue weighted by Gasteiger charge is 2.23. The van der Waals surface area contributed by atoms with E-state index in [1.165, 1.54) is 16.7 Å². The average Bonchev–Trinajstić information content (AvgIpc) is 2.46. The topological polar surface area (TPSA) is 46.3 Å². The zero-order chi connectivity index (χ0) is 15.4. The Morgan fingerprint density at radius 2 is 1.86 bits per heavy atom. The van der Waals surface area contributed by atoms with Crippen molar-refractivity contribution < 1.29 is 4.79 Å². The Bertz CT molecular complexity index is 506. The molecule has 1 aromatic rings. The molecule has 3 heteroatoms. The second-order valence-corrected chi connectivity index (χ2v) is 6.12. The molecule has 0 saturated carbocycles. The molecule has 0 aromatic heterocycles. The summed E-state index contributed by atoms with van der Waals surface area (Å²) in [5.41, 5.74) is 9.62. The van der Waals surface area contributed by atoms with Gasteiger partial charge in [0.2, 0.25) is 5.91 Å². The minimum Gasteiger partial charge on any atom is -0.341 e. The van der Waals surface area contributed by atoms with Gasteiger partial charge in [-0.3, -0.25) is 4.79 Å². The number of hydrogen-bond donors (Lipinski definition) is 1. The molecular weight excluding hydrogens is 260 g/mol.